The van der Waals surface area contributed by atoms with Crippen molar-refractivity contribution in [3.63, 3.8) is 0 Å². The average Bonchev–Trinajstić information content (AvgIpc) is 3.14. The molecule has 0 amide bonds. The Hall–Kier alpha value is -3.34. The number of thiophene rings is 1. The van der Waals surface area contributed by atoms with Crippen molar-refractivity contribution in [3.05, 3.63) is 107 Å². The predicted molar refractivity (Wildman–Crippen MR) is 141 cm³/mol. The molecule has 0 spiro atoms. The minimum Gasteiger partial charge on any atom is -0.509 e. The van der Waals surface area contributed by atoms with Gasteiger partial charge in [0, 0.05) is 16.1 Å². The van der Waals surface area contributed by atoms with Gasteiger partial charge in [-0.3, -0.25) is 0 Å². The molecule has 0 fully saturated rings. The van der Waals surface area contributed by atoms with Gasteiger partial charge in [-0.1, -0.05) is 61.2 Å². The van der Waals surface area contributed by atoms with E-state index in [0.717, 1.165) is 29.6 Å². The maximum atomic E-state index is 10.1. The van der Waals surface area contributed by atoms with Crippen molar-refractivity contribution in [2.24, 2.45) is 0 Å². The van der Waals surface area contributed by atoms with Crippen LogP contribution < -0.4 is 0 Å². The van der Waals surface area contributed by atoms with Crippen LogP contribution in [-0.4, -0.2) is 29.2 Å². The molecule has 4 heteroatoms. The molecular formula is C29H29NO2S. The smallest absolute Gasteiger partial charge is 0.117 e. The van der Waals surface area contributed by atoms with E-state index in [1.165, 1.54) is 32.5 Å². The second kappa shape index (κ2) is 10.1. The predicted octanol–water partition coefficient (Wildman–Crippen LogP) is 7.21. The van der Waals surface area contributed by atoms with E-state index in [1.54, 1.807) is 23.5 Å². The number of phenols is 1. The van der Waals surface area contributed by atoms with Crippen LogP contribution in [0.4, 0.5) is 0 Å². The minimum absolute atomic E-state index is 0.0523. The van der Waals surface area contributed by atoms with Crippen molar-refractivity contribution in [3.8, 4) is 16.2 Å². The maximum Gasteiger partial charge on any atom is 0.117 e. The first-order chi connectivity index (χ1) is 15.9. The summed E-state index contributed by atoms with van der Waals surface area (Å²) in [6, 6.07) is 22.7. The van der Waals surface area contributed by atoms with Crippen molar-refractivity contribution < 1.29 is 10.2 Å². The number of hydrogen-bond donors (Lipinski definition) is 2. The number of aliphatic hydroxyl groups excluding tert-OH is 1. The standard InChI is InChI=1S/C29H29NO2S/c1-20(31)8-9-21-10-12-22(13-11-21)14-16-27-26-17-15-24(32)18-28(26)33-29(27)25-7-5-4-6-23(25)19-30(2)3/h4-13,15,17-18,31-32H,1,14,16,19H2,2-3H3/b9-8+. The third kappa shape index (κ3) is 5.54. The monoisotopic (exact) mass is 455 g/mol. The number of aliphatic hydroxyl groups is 1. The zero-order valence-corrected chi connectivity index (χ0v) is 19.9. The topological polar surface area (TPSA) is 43.7 Å². The van der Waals surface area contributed by atoms with Crippen LogP contribution in [0.5, 0.6) is 5.75 Å². The Bertz CT molecular complexity index is 1300. The summed E-state index contributed by atoms with van der Waals surface area (Å²) in [6.07, 6.45) is 5.29. The van der Waals surface area contributed by atoms with Gasteiger partial charge in [-0.2, -0.15) is 0 Å². The summed E-state index contributed by atoms with van der Waals surface area (Å²) in [5, 5.41) is 20.5. The summed E-state index contributed by atoms with van der Waals surface area (Å²) in [7, 11) is 4.19. The lowest BCUT2D eigenvalue weighted by atomic mass is 9.96. The van der Waals surface area contributed by atoms with Gasteiger partial charge < -0.3 is 15.1 Å². The molecule has 0 bridgehead atoms. The molecule has 0 aliphatic carbocycles. The maximum absolute atomic E-state index is 10.1. The summed E-state index contributed by atoms with van der Waals surface area (Å²) in [4.78, 5) is 3.48. The highest BCUT2D eigenvalue weighted by atomic mass is 32.1. The van der Waals surface area contributed by atoms with Crippen molar-refractivity contribution in [1.29, 1.82) is 0 Å². The zero-order valence-electron chi connectivity index (χ0n) is 19.1. The molecule has 0 saturated carbocycles. The molecular weight excluding hydrogens is 426 g/mol. The van der Waals surface area contributed by atoms with Crippen molar-refractivity contribution in [2.45, 2.75) is 19.4 Å². The van der Waals surface area contributed by atoms with Crippen molar-refractivity contribution in [2.75, 3.05) is 14.1 Å². The molecule has 4 rings (SSSR count). The number of nitrogens with zero attached hydrogens (tertiary/aromatic N) is 1. The quantitative estimate of drug-likeness (QED) is 0.218. The molecule has 0 aliphatic heterocycles. The Balaban J connectivity index is 1.68. The molecule has 0 radical (unpaired) electrons. The van der Waals surface area contributed by atoms with Gasteiger partial charge in [0.05, 0.1) is 0 Å². The molecule has 0 aliphatic rings. The second-order valence-corrected chi connectivity index (χ2v) is 9.60. The zero-order chi connectivity index (χ0) is 23.4. The first-order valence-corrected chi connectivity index (χ1v) is 11.8. The van der Waals surface area contributed by atoms with Crippen LogP contribution in [0.3, 0.4) is 0 Å². The first-order valence-electron chi connectivity index (χ1n) is 11.0. The Labute approximate surface area is 199 Å². The summed E-state index contributed by atoms with van der Waals surface area (Å²) < 4.78 is 1.12. The molecule has 1 aromatic heterocycles. The molecule has 33 heavy (non-hydrogen) atoms. The average molecular weight is 456 g/mol. The van der Waals surface area contributed by atoms with Crippen LogP contribution >= 0.6 is 11.3 Å². The van der Waals surface area contributed by atoms with Crippen LogP contribution in [0.2, 0.25) is 0 Å². The normalized spacial score (nSPS) is 11.6. The van der Waals surface area contributed by atoms with Gasteiger partial charge in [0.15, 0.2) is 0 Å². The Morgan fingerprint density at radius 3 is 2.48 bits per heavy atom. The number of phenolic OH excluding ortho intramolecular Hbond substituents is 1. The summed E-state index contributed by atoms with van der Waals surface area (Å²) in [5.74, 6) is 0.356. The van der Waals surface area contributed by atoms with E-state index < -0.39 is 0 Å². The molecule has 0 atom stereocenters. The molecule has 3 aromatic carbocycles. The number of aromatic hydroxyl groups is 1. The number of benzene rings is 3. The van der Waals surface area contributed by atoms with Gasteiger partial charge in [-0.25, -0.2) is 0 Å². The lowest BCUT2D eigenvalue weighted by Gasteiger charge is -2.15. The fourth-order valence-electron chi connectivity index (χ4n) is 4.08. The number of fused-ring (bicyclic) bond motifs is 1. The summed E-state index contributed by atoms with van der Waals surface area (Å²) >= 11 is 1.76. The molecule has 0 unspecified atom stereocenters. The fraction of sp³-hybridized carbons (Fsp3) is 0.172. The highest BCUT2D eigenvalue weighted by Gasteiger charge is 2.17. The van der Waals surface area contributed by atoms with Crippen LogP contribution in [0, 0.1) is 0 Å². The molecule has 1 heterocycles. The van der Waals surface area contributed by atoms with Gasteiger partial charge in [-0.05, 0) is 84.4 Å². The largest absolute Gasteiger partial charge is 0.509 e. The summed E-state index contributed by atoms with van der Waals surface area (Å²) in [6.45, 7) is 4.36. The lowest BCUT2D eigenvalue weighted by molar-refractivity contribution is 0.403. The van der Waals surface area contributed by atoms with E-state index in [4.69, 9.17) is 0 Å². The highest BCUT2D eigenvalue weighted by molar-refractivity contribution is 7.22. The minimum atomic E-state index is 0.0523. The van der Waals surface area contributed by atoms with Gasteiger partial charge in [0.2, 0.25) is 0 Å². The van der Waals surface area contributed by atoms with E-state index >= 15 is 0 Å². The van der Waals surface area contributed by atoms with E-state index in [-0.39, 0.29) is 5.76 Å². The summed E-state index contributed by atoms with van der Waals surface area (Å²) in [5.41, 5.74) is 6.21. The number of aryl methyl sites for hydroxylation is 2. The highest BCUT2D eigenvalue weighted by Crippen LogP contribution is 2.42. The van der Waals surface area contributed by atoms with Gasteiger partial charge in [0.25, 0.3) is 0 Å². The molecule has 4 aromatic rings. The van der Waals surface area contributed by atoms with Gasteiger partial charge in [-0.15, -0.1) is 11.3 Å². The third-order valence-electron chi connectivity index (χ3n) is 5.64. The molecule has 0 saturated heterocycles. The van der Waals surface area contributed by atoms with Crippen LogP contribution in [0.25, 0.3) is 26.6 Å². The van der Waals surface area contributed by atoms with E-state index in [1.807, 2.05) is 18.2 Å². The van der Waals surface area contributed by atoms with E-state index in [0.29, 0.717) is 5.75 Å². The first kappa shape index (κ1) is 22.8. The fourth-order valence-corrected chi connectivity index (χ4v) is 5.43. The van der Waals surface area contributed by atoms with Crippen LogP contribution in [-0.2, 0) is 19.4 Å². The second-order valence-electron chi connectivity index (χ2n) is 8.55. The third-order valence-corrected chi connectivity index (χ3v) is 6.86. The van der Waals surface area contributed by atoms with Crippen molar-refractivity contribution >= 4 is 27.5 Å². The number of rotatable bonds is 8. The van der Waals surface area contributed by atoms with E-state index in [2.05, 4.69) is 74.1 Å². The number of hydrogen-bond acceptors (Lipinski definition) is 4. The van der Waals surface area contributed by atoms with Gasteiger partial charge >= 0.3 is 0 Å². The van der Waals surface area contributed by atoms with Crippen molar-refractivity contribution in [1.82, 2.24) is 4.90 Å². The van der Waals surface area contributed by atoms with E-state index in [9.17, 15) is 10.2 Å². The van der Waals surface area contributed by atoms with Crippen LogP contribution in [0.15, 0.2) is 85.1 Å². The van der Waals surface area contributed by atoms with Gasteiger partial charge in [0.1, 0.15) is 11.5 Å². The Morgan fingerprint density at radius 2 is 1.76 bits per heavy atom. The molecule has 168 valence electrons. The SMILES string of the molecule is C=C(O)/C=C/c1ccc(CCc2c(-c3ccccc3CN(C)C)sc3cc(O)ccc23)cc1. The Morgan fingerprint density at radius 1 is 1.00 bits per heavy atom. The molecule has 3 nitrogen and oxygen atoms in total. The van der Waals surface area contributed by atoms with Crippen LogP contribution in [0.1, 0.15) is 22.3 Å². The number of allylic oxidation sites excluding steroid dienone is 1. The molecule has 2 N–H and O–H groups in total. The Kier molecular flexibility index (Phi) is 6.97. The lowest BCUT2D eigenvalue weighted by Crippen LogP contribution is -2.11.